The Hall–Kier alpha value is -1.78. The predicted octanol–water partition coefficient (Wildman–Crippen LogP) is 1.85. The van der Waals surface area contributed by atoms with E-state index >= 15 is 0 Å². The molecule has 0 spiro atoms. The Balaban J connectivity index is 2.40. The molecule has 0 saturated carbocycles. The van der Waals surface area contributed by atoms with E-state index in [1.165, 1.54) is 0 Å². The second kappa shape index (κ2) is 3.76. The maximum Gasteiger partial charge on any atom is 0.175 e. The van der Waals surface area contributed by atoms with E-state index in [4.69, 9.17) is 10.3 Å². The normalized spacial score (nSPS) is 11.1. The fourth-order valence-corrected chi connectivity index (χ4v) is 1.53. The van der Waals surface area contributed by atoms with Gasteiger partial charge in [-0.3, -0.25) is 5.10 Å². The Morgan fingerprint density at radius 3 is 2.93 bits per heavy atom. The number of rotatable bonds is 3. The highest BCUT2D eigenvalue weighted by molar-refractivity contribution is 5.64. The molecule has 80 valence electrons. The highest BCUT2D eigenvalue weighted by atomic mass is 16.5. The Labute approximate surface area is 87.7 Å². The van der Waals surface area contributed by atoms with Crippen LogP contribution in [0.4, 0.5) is 5.82 Å². The molecule has 0 saturated heterocycles. The Morgan fingerprint density at radius 2 is 2.33 bits per heavy atom. The van der Waals surface area contributed by atoms with Crippen LogP contribution in [-0.4, -0.2) is 15.4 Å². The third kappa shape index (κ3) is 1.86. The summed E-state index contributed by atoms with van der Waals surface area (Å²) in [5, 5.41) is 10.4. The summed E-state index contributed by atoms with van der Waals surface area (Å²) >= 11 is 0. The third-order valence-corrected chi connectivity index (χ3v) is 2.19. The largest absolute Gasteiger partial charge is 0.381 e. The standard InChI is InChI=1S/C10H14N4O/c1-6(2)3-8-9(15-14-10(8)11)7-4-12-13-5-7/h4-6H,3H2,1-2H3,(H2,11,14)(H,12,13). The number of nitrogens with zero attached hydrogens (tertiary/aromatic N) is 2. The summed E-state index contributed by atoms with van der Waals surface area (Å²) in [5.41, 5.74) is 7.61. The fraction of sp³-hybridized carbons (Fsp3) is 0.400. The molecule has 0 aromatic carbocycles. The maximum atomic E-state index is 5.76. The van der Waals surface area contributed by atoms with Gasteiger partial charge in [-0.15, -0.1) is 0 Å². The van der Waals surface area contributed by atoms with Crippen LogP contribution in [0.25, 0.3) is 11.3 Å². The van der Waals surface area contributed by atoms with E-state index in [9.17, 15) is 0 Å². The zero-order chi connectivity index (χ0) is 10.8. The second-order valence-corrected chi connectivity index (χ2v) is 3.96. The molecule has 0 bridgehead atoms. The van der Waals surface area contributed by atoms with E-state index in [0.717, 1.165) is 23.3 Å². The smallest absolute Gasteiger partial charge is 0.175 e. The molecule has 0 atom stereocenters. The molecule has 0 aliphatic carbocycles. The van der Waals surface area contributed by atoms with Crippen LogP contribution in [0.1, 0.15) is 19.4 Å². The quantitative estimate of drug-likeness (QED) is 0.803. The second-order valence-electron chi connectivity index (χ2n) is 3.96. The number of hydrogen-bond acceptors (Lipinski definition) is 4. The van der Waals surface area contributed by atoms with E-state index in [-0.39, 0.29) is 0 Å². The van der Waals surface area contributed by atoms with Gasteiger partial charge in [-0.2, -0.15) is 5.10 Å². The lowest BCUT2D eigenvalue weighted by molar-refractivity contribution is 0.434. The molecule has 2 aromatic heterocycles. The van der Waals surface area contributed by atoms with Crippen LogP contribution in [0.15, 0.2) is 16.9 Å². The molecule has 5 nitrogen and oxygen atoms in total. The average Bonchev–Trinajstić information content (AvgIpc) is 2.76. The van der Waals surface area contributed by atoms with Gasteiger partial charge in [-0.1, -0.05) is 19.0 Å². The zero-order valence-corrected chi connectivity index (χ0v) is 8.82. The molecule has 2 heterocycles. The van der Waals surface area contributed by atoms with Crippen molar-refractivity contribution in [2.45, 2.75) is 20.3 Å². The van der Waals surface area contributed by atoms with Crippen LogP contribution >= 0.6 is 0 Å². The van der Waals surface area contributed by atoms with Crippen LogP contribution in [0.3, 0.4) is 0 Å². The van der Waals surface area contributed by atoms with Crippen LogP contribution < -0.4 is 5.73 Å². The number of hydrogen-bond donors (Lipinski definition) is 2. The van der Waals surface area contributed by atoms with Crippen molar-refractivity contribution in [1.82, 2.24) is 15.4 Å². The molecule has 0 radical (unpaired) electrons. The van der Waals surface area contributed by atoms with Gasteiger partial charge < -0.3 is 10.3 Å². The Bertz CT molecular complexity index is 430. The van der Waals surface area contributed by atoms with Crippen molar-refractivity contribution in [2.75, 3.05) is 5.73 Å². The van der Waals surface area contributed by atoms with Crippen molar-refractivity contribution in [3.05, 3.63) is 18.0 Å². The predicted molar refractivity (Wildman–Crippen MR) is 57.0 cm³/mol. The molecule has 0 fully saturated rings. The van der Waals surface area contributed by atoms with Gasteiger partial charge in [0.15, 0.2) is 11.6 Å². The molecule has 15 heavy (non-hydrogen) atoms. The first kappa shape index (κ1) is 9.76. The van der Waals surface area contributed by atoms with E-state index in [0.29, 0.717) is 11.7 Å². The molecule has 3 N–H and O–H groups in total. The van der Waals surface area contributed by atoms with E-state index in [1.807, 2.05) is 0 Å². The molecule has 5 heteroatoms. The van der Waals surface area contributed by atoms with Gasteiger partial charge in [-0.05, 0) is 12.3 Å². The summed E-state index contributed by atoms with van der Waals surface area (Å²) in [7, 11) is 0. The van der Waals surface area contributed by atoms with E-state index in [1.54, 1.807) is 12.4 Å². The van der Waals surface area contributed by atoms with Gasteiger partial charge in [0.1, 0.15) is 0 Å². The van der Waals surface area contributed by atoms with Gasteiger partial charge in [0, 0.05) is 11.8 Å². The van der Waals surface area contributed by atoms with E-state index < -0.39 is 0 Å². The minimum atomic E-state index is 0.472. The van der Waals surface area contributed by atoms with Crippen LogP contribution in [0.2, 0.25) is 0 Å². The molecule has 2 rings (SSSR count). The SMILES string of the molecule is CC(C)Cc1c(N)noc1-c1cn[nH]c1. The number of nitrogens with two attached hydrogens (primary N) is 1. The first-order valence-electron chi connectivity index (χ1n) is 4.91. The van der Waals surface area contributed by atoms with Gasteiger partial charge in [0.2, 0.25) is 0 Å². The van der Waals surface area contributed by atoms with Crippen molar-refractivity contribution in [2.24, 2.45) is 5.92 Å². The first-order valence-corrected chi connectivity index (χ1v) is 4.91. The van der Waals surface area contributed by atoms with Crippen molar-refractivity contribution < 1.29 is 4.52 Å². The summed E-state index contributed by atoms with van der Waals surface area (Å²) in [6.07, 6.45) is 4.32. The average molecular weight is 206 g/mol. The van der Waals surface area contributed by atoms with E-state index in [2.05, 4.69) is 29.2 Å². The highest BCUT2D eigenvalue weighted by Gasteiger charge is 2.17. The van der Waals surface area contributed by atoms with Crippen molar-refractivity contribution in [3.8, 4) is 11.3 Å². The van der Waals surface area contributed by atoms with Gasteiger partial charge in [-0.25, -0.2) is 0 Å². The lowest BCUT2D eigenvalue weighted by Gasteiger charge is -2.03. The van der Waals surface area contributed by atoms with Gasteiger partial charge in [0.05, 0.1) is 11.8 Å². The Morgan fingerprint density at radius 1 is 1.53 bits per heavy atom. The molecular weight excluding hydrogens is 192 g/mol. The highest BCUT2D eigenvalue weighted by Crippen LogP contribution is 2.28. The summed E-state index contributed by atoms with van der Waals surface area (Å²) in [6.45, 7) is 4.26. The van der Waals surface area contributed by atoms with Gasteiger partial charge >= 0.3 is 0 Å². The fourth-order valence-electron chi connectivity index (χ4n) is 1.53. The number of nitrogens with one attached hydrogen (secondary N) is 1. The lowest BCUT2D eigenvalue weighted by Crippen LogP contribution is -1.98. The van der Waals surface area contributed by atoms with Gasteiger partial charge in [0.25, 0.3) is 0 Å². The monoisotopic (exact) mass is 206 g/mol. The van der Waals surface area contributed by atoms with Crippen LogP contribution in [0.5, 0.6) is 0 Å². The number of aromatic nitrogens is 3. The number of H-pyrrole nitrogens is 1. The minimum Gasteiger partial charge on any atom is -0.381 e. The third-order valence-electron chi connectivity index (χ3n) is 2.19. The summed E-state index contributed by atoms with van der Waals surface area (Å²) in [5.74, 6) is 1.70. The van der Waals surface area contributed by atoms with Crippen LogP contribution in [-0.2, 0) is 6.42 Å². The number of aromatic amines is 1. The Kier molecular flexibility index (Phi) is 2.45. The molecular formula is C10H14N4O. The van der Waals surface area contributed by atoms with Crippen molar-refractivity contribution >= 4 is 5.82 Å². The maximum absolute atomic E-state index is 5.76. The van der Waals surface area contributed by atoms with Crippen LogP contribution in [0, 0.1) is 5.92 Å². The molecule has 0 aliphatic rings. The molecule has 0 aliphatic heterocycles. The number of nitrogen functional groups attached to an aromatic ring is 1. The van der Waals surface area contributed by atoms with Crippen molar-refractivity contribution in [1.29, 1.82) is 0 Å². The molecule has 0 amide bonds. The summed E-state index contributed by atoms with van der Waals surface area (Å²) in [6, 6.07) is 0. The minimum absolute atomic E-state index is 0.472. The lowest BCUT2D eigenvalue weighted by atomic mass is 10.0. The molecule has 2 aromatic rings. The topological polar surface area (TPSA) is 80.7 Å². The summed E-state index contributed by atoms with van der Waals surface area (Å²) in [4.78, 5) is 0. The first-order chi connectivity index (χ1) is 7.18. The zero-order valence-electron chi connectivity index (χ0n) is 8.82. The summed E-state index contributed by atoms with van der Waals surface area (Å²) < 4.78 is 5.21. The number of anilines is 1. The van der Waals surface area contributed by atoms with Crippen molar-refractivity contribution in [3.63, 3.8) is 0 Å². The molecule has 0 unspecified atom stereocenters.